The Morgan fingerprint density at radius 3 is 2.89 bits per heavy atom. The van der Waals surface area contributed by atoms with Crippen molar-refractivity contribution in [3.63, 3.8) is 0 Å². The summed E-state index contributed by atoms with van der Waals surface area (Å²) < 4.78 is 0. The summed E-state index contributed by atoms with van der Waals surface area (Å²) in [5, 5.41) is 1.08. The van der Waals surface area contributed by atoms with Crippen LogP contribution in [0.3, 0.4) is 0 Å². The fraction of sp³-hybridized carbons (Fsp3) is 0.308. The van der Waals surface area contributed by atoms with Gasteiger partial charge in [0, 0.05) is 36.1 Å². The smallest absolute Gasteiger partial charge is 0.235 e. The predicted molar refractivity (Wildman–Crippen MR) is 71.8 cm³/mol. The second-order valence-electron chi connectivity index (χ2n) is 4.32. The van der Waals surface area contributed by atoms with E-state index in [4.69, 9.17) is 5.73 Å². The zero-order valence-electron chi connectivity index (χ0n) is 10.6. The molecule has 5 nitrogen and oxygen atoms in total. The molecular formula is C13H18N4O. The molecule has 1 aromatic carbocycles. The molecule has 1 aromatic heterocycles. The van der Waals surface area contributed by atoms with Gasteiger partial charge in [0.05, 0.1) is 0 Å². The fourth-order valence-electron chi connectivity index (χ4n) is 2.27. The highest BCUT2D eigenvalue weighted by Gasteiger charge is 2.17. The highest BCUT2D eigenvalue weighted by molar-refractivity contribution is 5.86. The number of carbonyl (C=O) groups excluding carboxylic acids is 1. The molecule has 0 fully saturated rings. The van der Waals surface area contributed by atoms with Crippen molar-refractivity contribution in [1.29, 1.82) is 0 Å². The number of aromatic amines is 1. The largest absolute Gasteiger partial charge is 0.358 e. The lowest BCUT2D eigenvalue weighted by atomic mass is 10.0. The molecule has 96 valence electrons. The minimum absolute atomic E-state index is 0.116. The van der Waals surface area contributed by atoms with Crippen LogP contribution in [0.2, 0.25) is 0 Å². The number of aryl methyl sites for hydroxylation is 1. The number of hydrazine groups is 1. The number of carbonyl (C=O) groups is 1. The number of fused-ring (bicyclic) bond motifs is 1. The van der Waals surface area contributed by atoms with Gasteiger partial charge < -0.3 is 10.7 Å². The van der Waals surface area contributed by atoms with Crippen LogP contribution in [0.4, 0.5) is 0 Å². The quantitative estimate of drug-likeness (QED) is 0.610. The first-order valence-electron chi connectivity index (χ1n) is 5.92. The van der Waals surface area contributed by atoms with Gasteiger partial charge in [-0.15, -0.1) is 0 Å². The van der Waals surface area contributed by atoms with E-state index in [0.29, 0.717) is 0 Å². The molecule has 1 amide bonds. The average molecular weight is 246 g/mol. The molecule has 0 aliphatic rings. The predicted octanol–water partition coefficient (Wildman–Crippen LogP) is 1.12. The second-order valence-corrected chi connectivity index (χ2v) is 4.32. The number of rotatable bonds is 4. The Morgan fingerprint density at radius 1 is 1.44 bits per heavy atom. The number of aromatic nitrogens is 1. The zero-order chi connectivity index (χ0) is 13.1. The van der Waals surface area contributed by atoms with Gasteiger partial charge in [0.25, 0.3) is 0 Å². The Kier molecular flexibility index (Phi) is 3.64. The lowest BCUT2D eigenvalue weighted by Crippen LogP contribution is -2.36. The number of H-pyrrole nitrogens is 1. The number of hydrogen-bond acceptors (Lipinski definition) is 3. The first-order valence-corrected chi connectivity index (χ1v) is 5.92. The maximum atomic E-state index is 11.5. The fourth-order valence-corrected chi connectivity index (χ4v) is 2.27. The molecule has 5 heteroatoms. The molecule has 18 heavy (non-hydrogen) atoms. The van der Waals surface area contributed by atoms with Crippen LogP contribution in [0.1, 0.15) is 23.7 Å². The molecule has 0 saturated heterocycles. The van der Waals surface area contributed by atoms with Gasteiger partial charge in [-0.25, -0.2) is 5.43 Å². The normalized spacial score (nSPS) is 12.6. The molecule has 0 saturated carbocycles. The highest BCUT2D eigenvalue weighted by Crippen LogP contribution is 2.27. The summed E-state index contributed by atoms with van der Waals surface area (Å²) in [4.78, 5) is 14.8. The molecule has 2 aromatic rings. The lowest BCUT2D eigenvalue weighted by Gasteiger charge is -2.12. The summed E-state index contributed by atoms with van der Waals surface area (Å²) in [7, 11) is 1.65. The Bertz CT molecular complexity index is 561. The first kappa shape index (κ1) is 12.6. The number of nitrogens with two attached hydrogens (primary N) is 1. The molecule has 0 bridgehead atoms. The van der Waals surface area contributed by atoms with Crippen molar-refractivity contribution in [2.24, 2.45) is 5.73 Å². The van der Waals surface area contributed by atoms with Gasteiger partial charge in [-0.3, -0.25) is 10.2 Å². The topological polar surface area (TPSA) is 82.9 Å². The summed E-state index contributed by atoms with van der Waals surface area (Å²) in [6.07, 6.45) is 0.253. The van der Waals surface area contributed by atoms with Crippen molar-refractivity contribution in [3.8, 4) is 0 Å². The molecule has 0 aliphatic carbocycles. The number of amides is 1. The third kappa shape index (κ3) is 2.37. The molecule has 1 heterocycles. The highest BCUT2D eigenvalue weighted by atomic mass is 16.2. The molecule has 0 spiro atoms. The van der Waals surface area contributed by atoms with Gasteiger partial charge in [-0.1, -0.05) is 18.2 Å². The van der Waals surface area contributed by atoms with E-state index in [9.17, 15) is 4.79 Å². The Morgan fingerprint density at radius 2 is 2.17 bits per heavy atom. The maximum absolute atomic E-state index is 11.5. The molecule has 2 rings (SSSR count). The van der Waals surface area contributed by atoms with Crippen LogP contribution in [-0.4, -0.2) is 17.9 Å². The van der Waals surface area contributed by atoms with Crippen LogP contribution >= 0.6 is 0 Å². The van der Waals surface area contributed by atoms with E-state index in [0.717, 1.165) is 22.2 Å². The Balaban J connectivity index is 2.29. The molecule has 0 aliphatic heterocycles. The minimum Gasteiger partial charge on any atom is -0.358 e. The van der Waals surface area contributed by atoms with Gasteiger partial charge >= 0.3 is 0 Å². The van der Waals surface area contributed by atoms with E-state index < -0.39 is 0 Å². The van der Waals surface area contributed by atoms with E-state index in [1.807, 2.05) is 31.2 Å². The van der Waals surface area contributed by atoms with Gasteiger partial charge in [0.2, 0.25) is 5.91 Å². The van der Waals surface area contributed by atoms with Crippen molar-refractivity contribution in [1.82, 2.24) is 15.8 Å². The van der Waals surface area contributed by atoms with E-state index in [1.54, 1.807) is 7.05 Å². The third-order valence-corrected chi connectivity index (χ3v) is 2.98. The van der Waals surface area contributed by atoms with E-state index in [1.165, 1.54) is 0 Å². The number of nitrogens with one attached hydrogen (secondary N) is 3. The van der Waals surface area contributed by atoms with Crippen molar-refractivity contribution >= 4 is 16.8 Å². The van der Waals surface area contributed by atoms with Crippen LogP contribution < -0.4 is 16.6 Å². The third-order valence-electron chi connectivity index (χ3n) is 2.98. The van der Waals surface area contributed by atoms with Crippen molar-refractivity contribution in [2.75, 3.05) is 7.05 Å². The van der Waals surface area contributed by atoms with Crippen molar-refractivity contribution in [3.05, 3.63) is 35.5 Å². The molecular weight excluding hydrogens is 228 g/mol. The van der Waals surface area contributed by atoms with Crippen molar-refractivity contribution < 1.29 is 4.79 Å². The minimum atomic E-state index is -0.311. The van der Waals surface area contributed by atoms with Gasteiger partial charge in [-0.05, 0) is 18.6 Å². The average Bonchev–Trinajstić information content (AvgIpc) is 2.64. The number of benzene rings is 1. The molecule has 5 N–H and O–H groups in total. The maximum Gasteiger partial charge on any atom is 0.235 e. The monoisotopic (exact) mass is 246 g/mol. The Hall–Kier alpha value is -1.85. The van der Waals surface area contributed by atoms with Crippen LogP contribution in [0.15, 0.2) is 24.3 Å². The summed E-state index contributed by atoms with van der Waals surface area (Å²) >= 11 is 0. The first-order chi connectivity index (χ1) is 8.63. The molecule has 0 radical (unpaired) electrons. The van der Waals surface area contributed by atoms with Gasteiger partial charge in [-0.2, -0.15) is 0 Å². The van der Waals surface area contributed by atoms with Crippen molar-refractivity contribution in [2.45, 2.75) is 19.4 Å². The van der Waals surface area contributed by atoms with Crippen LogP contribution in [0, 0.1) is 6.92 Å². The number of para-hydroxylation sites is 1. The summed E-state index contributed by atoms with van der Waals surface area (Å²) in [5.74, 6) is -0.116. The van der Waals surface area contributed by atoms with Gasteiger partial charge in [0.15, 0.2) is 0 Å². The van der Waals surface area contributed by atoms with Crippen LogP contribution in [-0.2, 0) is 4.79 Å². The lowest BCUT2D eigenvalue weighted by molar-refractivity contribution is -0.122. The summed E-state index contributed by atoms with van der Waals surface area (Å²) in [6, 6.07) is 7.66. The van der Waals surface area contributed by atoms with E-state index >= 15 is 0 Å². The Labute approximate surface area is 106 Å². The number of hydrogen-bond donors (Lipinski definition) is 4. The summed E-state index contributed by atoms with van der Waals surface area (Å²) in [6.45, 7) is 1.98. The molecule has 1 atom stereocenters. The summed E-state index contributed by atoms with van der Waals surface area (Å²) in [5.41, 5.74) is 14.3. The zero-order valence-corrected chi connectivity index (χ0v) is 10.6. The van der Waals surface area contributed by atoms with Crippen LogP contribution in [0.25, 0.3) is 10.9 Å². The van der Waals surface area contributed by atoms with Gasteiger partial charge in [0.1, 0.15) is 0 Å². The van der Waals surface area contributed by atoms with E-state index in [-0.39, 0.29) is 18.4 Å². The molecule has 1 unspecified atom stereocenters. The standard InChI is InChI=1S/C13H18N4O/c1-8-13(10(14)7-12(18)17-15-2)9-5-3-4-6-11(9)16-8/h3-6,10,15-16H,7,14H2,1-2H3,(H,17,18). The second kappa shape index (κ2) is 5.20. The SMILES string of the molecule is CNNC(=O)CC(N)c1c(C)[nH]c2ccccc12. The van der Waals surface area contributed by atoms with E-state index in [2.05, 4.69) is 15.8 Å². The van der Waals surface area contributed by atoms with Crippen LogP contribution in [0.5, 0.6) is 0 Å².